The maximum atomic E-state index is 11.9. The van der Waals surface area contributed by atoms with E-state index in [1.54, 1.807) is 6.08 Å². The summed E-state index contributed by atoms with van der Waals surface area (Å²) in [4.78, 5) is 26.3. The second-order valence-corrected chi connectivity index (χ2v) is 6.31. The summed E-state index contributed by atoms with van der Waals surface area (Å²) < 4.78 is 0. The fourth-order valence-electron chi connectivity index (χ4n) is 2.52. The summed E-state index contributed by atoms with van der Waals surface area (Å²) >= 11 is 1.53. The smallest absolute Gasteiger partial charge is 0.328 e. The number of amides is 1. The first-order valence-electron chi connectivity index (χ1n) is 6.86. The van der Waals surface area contributed by atoms with Crippen molar-refractivity contribution in [2.75, 3.05) is 6.54 Å². The largest absolute Gasteiger partial charge is 0.478 e. The summed E-state index contributed by atoms with van der Waals surface area (Å²) in [6.07, 6.45) is 5.62. The molecule has 2 heterocycles. The van der Waals surface area contributed by atoms with Crippen LogP contribution < -0.4 is 0 Å². The minimum absolute atomic E-state index is 0.236. The van der Waals surface area contributed by atoms with Gasteiger partial charge >= 0.3 is 5.97 Å². The first kappa shape index (κ1) is 14.8. The first-order chi connectivity index (χ1) is 9.58. The van der Waals surface area contributed by atoms with Crippen LogP contribution in [0.25, 0.3) is 6.08 Å². The number of hydrogen-bond donors (Lipinski definition) is 1. The van der Waals surface area contributed by atoms with Crippen LogP contribution in [0.4, 0.5) is 0 Å². The van der Waals surface area contributed by atoms with Crippen LogP contribution in [0.2, 0.25) is 0 Å². The molecule has 0 aromatic carbocycles. The van der Waals surface area contributed by atoms with E-state index in [1.165, 1.54) is 11.3 Å². The predicted octanol–water partition coefficient (Wildman–Crippen LogP) is 2.99. The van der Waals surface area contributed by atoms with Gasteiger partial charge in [0.2, 0.25) is 5.91 Å². The zero-order valence-electron chi connectivity index (χ0n) is 11.5. The average Bonchev–Trinajstić information content (AvgIpc) is 2.96. The molecule has 5 heteroatoms. The van der Waals surface area contributed by atoms with E-state index < -0.39 is 5.97 Å². The Morgan fingerprint density at radius 1 is 1.55 bits per heavy atom. The van der Waals surface area contributed by atoms with Crippen LogP contribution in [0.1, 0.15) is 35.9 Å². The number of carboxylic acids is 1. The molecule has 1 fully saturated rings. The molecular weight excluding hydrogens is 274 g/mol. The van der Waals surface area contributed by atoms with Gasteiger partial charge in [0.15, 0.2) is 0 Å². The molecule has 0 saturated carbocycles. The van der Waals surface area contributed by atoms with Gasteiger partial charge in [0.05, 0.1) is 6.54 Å². The Morgan fingerprint density at radius 3 is 3.05 bits per heavy atom. The van der Waals surface area contributed by atoms with Crippen LogP contribution in [-0.2, 0) is 16.1 Å². The van der Waals surface area contributed by atoms with Crippen molar-refractivity contribution >= 4 is 29.3 Å². The Labute approximate surface area is 122 Å². The van der Waals surface area contributed by atoms with Crippen molar-refractivity contribution in [2.24, 2.45) is 5.92 Å². The van der Waals surface area contributed by atoms with Crippen LogP contribution in [-0.4, -0.2) is 28.4 Å². The Kier molecular flexibility index (Phi) is 4.95. The molecule has 1 saturated heterocycles. The fraction of sp³-hybridized carbons (Fsp3) is 0.467. The Hall–Kier alpha value is -1.62. The second kappa shape index (κ2) is 6.70. The number of nitrogens with zero attached hydrogens (tertiary/aromatic N) is 1. The van der Waals surface area contributed by atoms with Crippen molar-refractivity contribution < 1.29 is 14.7 Å². The number of likely N-dealkylation sites (tertiary alicyclic amines) is 1. The summed E-state index contributed by atoms with van der Waals surface area (Å²) in [6.45, 7) is 3.64. The monoisotopic (exact) mass is 293 g/mol. The van der Waals surface area contributed by atoms with Gasteiger partial charge in [0.1, 0.15) is 0 Å². The highest BCUT2D eigenvalue weighted by atomic mass is 32.1. The number of aliphatic carboxylic acids is 1. The van der Waals surface area contributed by atoms with Gasteiger partial charge < -0.3 is 10.0 Å². The van der Waals surface area contributed by atoms with Gasteiger partial charge in [-0.15, -0.1) is 11.3 Å². The molecule has 1 amide bonds. The van der Waals surface area contributed by atoms with Crippen LogP contribution in [0.5, 0.6) is 0 Å². The SMILES string of the molecule is CCCC1CC(=O)N(Cc2ccc(/C=C/C(=O)O)s2)C1. The van der Waals surface area contributed by atoms with Gasteiger partial charge in [-0.2, -0.15) is 0 Å². The maximum Gasteiger partial charge on any atom is 0.328 e. The molecule has 1 aliphatic heterocycles. The quantitative estimate of drug-likeness (QED) is 0.820. The molecule has 1 aliphatic rings. The second-order valence-electron chi connectivity index (χ2n) is 5.11. The number of rotatable bonds is 6. The molecule has 1 unspecified atom stereocenters. The molecule has 0 aliphatic carbocycles. The molecule has 1 N–H and O–H groups in total. The fourth-order valence-corrected chi connectivity index (χ4v) is 3.45. The lowest BCUT2D eigenvalue weighted by Crippen LogP contribution is -2.24. The lowest BCUT2D eigenvalue weighted by molar-refractivity contribution is -0.131. The van der Waals surface area contributed by atoms with Crippen molar-refractivity contribution in [3.63, 3.8) is 0 Å². The Bertz CT molecular complexity index is 521. The van der Waals surface area contributed by atoms with Gasteiger partial charge in [0, 0.05) is 28.8 Å². The van der Waals surface area contributed by atoms with Gasteiger partial charge in [-0.25, -0.2) is 4.79 Å². The number of hydrogen-bond acceptors (Lipinski definition) is 3. The van der Waals surface area contributed by atoms with E-state index in [4.69, 9.17) is 5.11 Å². The zero-order valence-corrected chi connectivity index (χ0v) is 12.4. The van der Waals surface area contributed by atoms with Gasteiger partial charge in [-0.05, 0) is 30.5 Å². The number of carboxylic acid groups (broad SMARTS) is 1. The highest BCUT2D eigenvalue weighted by molar-refractivity contribution is 7.12. The average molecular weight is 293 g/mol. The third-order valence-corrected chi connectivity index (χ3v) is 4.45. The molecule has 0 radical (unpaired) electrons. The zero-order chi connectivity index (χ0) is 14.5. The summed E-state index contributed by atoms with van der Waals surface area (Å²) in [5.74, 6) is -0.213. The first-order valence-corrected chi connectivity index (χ1v) is 7.67. The molecule has 1 atom stereocenters. The third-order valence-electron chi connectivity index (χ3n) is 3.41. The van der Waals surface area contributed by atoms with Crippen LogP contribution in [0, 0.1) is 5.92 Å². The van der Waals surface area contributed by atoms with E-state index in [0.717, 1.165) is 35.2 Å². The number of thiophene rings is 1. The lowest BCUT2D eigenvalue weighted by Gasteiger charge is -2.15. The Balaban J connectivity index is 1.94. The van der Waals surface area contributed by atoms with Gasteiger partial charge in [0.25, 0.3) is 0 Å². The van der Waals surface area contributed by atoms with E-state index in [0.29, 0.717) is 18.9 Å². The molecular formula is C15H19NO3S. The molecule has 108 valence electrons. The molecule has 20 heavy (non-hydrogen) atoms. The standard InChI is InChI=1S/C15H19NO3S/c1-2-3-11-8-14(17)16(9-11)10-13-5-4-12(20-13)6-7-15(18)19/h4-7,11H,2-3,8-10H2,1H3,(H,18,19)/b7-6+. The van der Waals surface area contributed by atoms with Crippen LogP contribution in [0.3, 0.4) is 0 Å². The summed E-state index contributed by atoms with van der Waals surface area (Å²) in [6, 6.07) is 3.86. The van der Waals surface area contributed by atoms with E-state index >= 15 is 0 Å². The summed E-state index contributed by atoms with van der Waals surface area (Å²) in [7, 11) is 0. The summed E-state index contributed by atoms with van der Waals surface area (Å²) in [5, 5.41) is 8.59. The maximum absolute atomic E-state index is 11.9. The van der Waals surface area contributed by atoms with Crippen LogP contribution in [0.15, 0.2) is 18.2 Å². The van der Waals surface area contributed by atoms with E-state index in [-0.39, 0.29) is 5.91 Å². The Morgan fingerprint density at radius 2 is 2.35 bits per heavy atom. The molecule has 0 bridgehead atoms. The summed E-state index contributed by atoms with van der Waals surface area (Å²) in [5.41, 5.74) is 0. The van der Waals surface area contributed by atoms with E-state index in [1.807, 2.05) is 17.0 Å². The van der Waals surface area contributed by atoms with Crippen molar-refractivity contribution in [2.45, 2.75) is 32.7 Å². The van der Waals surface area contributed by atoms with Crippen molar-refractivity contribution in [1.82, 2.24) is 4.90 Å². The van der Waals surface area contributed by atoms with Gasteiger partial charge in [-0.1, -0.05) is 13.3 Å². The third kappa shape index (κ3) is 3.93. The van der Waals surface area contributed by atoms with Crippen molar-refractivity contribution in [3.8, 4) is 0 Å². The molecule has 0 spiro atoms. The number of carbonyl (C=O) groups excluding carboxylic acids is 1. The van der Waals surface area contributed by atoms with E-state index in [9.17, 15) is 9.59 Å². The normalized spacial score (nSPS) is 19.1. The predicted molar refractivity (Wildman–Crippen MR) is 79.4 cm³/mol. The minimum atomic E-state index is -0.947. The lowest BCUT2D eigenvalue weighted by atomic mass is 10.0. The van der Waals surface area contributed by atoms with Gasteiger partial charge in [-0.3, -0.25) is 4.79 Å². The molecule has 2 rings (SSSR count). The molecule has 1 aromatic rings. The van der Waals surface area contributed by atoms with Crippen molar-refractivity contribution in [3.05, 3.63) is 28.0 Å². The molecule has 1 aromatic heterocycles. The van der Waals surface area contributed by atoms with E-state index in [2.05, 4.69) is 6.92 Å². The van der Waals surface area contributed by atoms with Crippen LogP contribution >= 0.6 is 11.3 Å². The topological polar surface area (TPSA) is 57.6 Å². The molecule has 4 nitrogen and oxygen atoms in total. The van der Waals surface area contributed by atoms with Crippen molar-refractivity contribution in [1.29, 1.82) is 0 Å². The highest BCUT2D eigenvalue weighted by Gasteiger charge is 2.28. The minimum Gasteiger partial charge on any atom is -0.478 e. The number of carbonyl (C=O) groups is 2. The highest BCUT2D eigenvalue weighted by Crippen LogP contribution is 2.26.